The van der Waals surface area contributed by atoms with Crippen molar-refractivity contribution >= 4 is 0 Å². The highest BCUT2D eigenvalue weighted by Crippen LogP contribution is 2.21. The van der Waals surface area contributed by atoms with Gasteiger partial charge in [0.15, 0.2) is 0 Å². The molecule has 17 heavy (non-hydrogen) atoms. The topological polar surface area (TPSA) is 35.0 Å². The Morgan fingerprint density at radius 2 is 2.00 bits per heavy atom. The van der Waals surface area contributed by atoms with E-state index in [1.54, 1.807) is 0 Å². The number of aromatic nitrogens is 2. The summed E-state index contributed by atoms with van der Waals surface area (Å²) in [5.41, 5.74) is 1.32. The summed E-state index contributed by atoms with van der Waals surface area (Å²) >= 11 is 0. The minimum Gasteiger partial charge on any atom is -0.378 e. The lowest BCUT2D eigenvalue weighted by molar-refractivity contribution is 0.104. The van der Waals surface area contributed by atoms with Crippen molar-refractivity contribution in [3.05, 3.63) is 23.8 Å². The van der Waals surface area contributed by atoms with E-state index in [1.165, 1.54) is 18.4 Å². The smallest absolute Gasteiger partial charge is 0.128 e. The molecule has 0 radical (unpaired) electrons. The number of ether oxygens (including phenoxy) is 1. The Hall–Kier alpha value is -0.960. The normalized spacial score (nSPS) is 20.8. The van der Waals surface area contributed by atoms with E-state index in [1.807, 2.05) is 12.4 Å². The SMILES string of the molecule is CC(C)(C)c1cnc(CCC2CCCO2)nc1. The molecule has 1 aliphatic rings. The molecule has 1 unspecified atom stereocenters. The third kappa shape index (κ3) is 3.50. The van der Waals surface area contributed by atoms with Crippen LogP contribution in [0.1, 0.15) is 51.4 Å². The Kier molecular flexibility index (Phi) is 3.77. The lowest BCUT2D eigenvalue weighted by Gasteiger charge is -2.17. The monoisotopic (exact) mass is 234 g/mol. The first-order valence-corrected chi connectivity index (χ1v) is 6.49. The van der Waals surface area contributed by atoms with Crippen molar-refractivity contribution in [1.29, 1.82) is 0 Å². The van der Waals surface area contributed by atoms with Gasteiger partial charge in [-0.05, 0) is 30.2 Å². The molecule has 2 rings (SSSR count). The highest BCUT2D eigenvalue weighted by Gasteiger charge is 2.17. The van der Waals surface area contributed by atoms with Crippen LogP contribution in [0, 0.1) is 0 Å². The Balaban J connectivity index is 1.89. The Labute approximate surface area is 104 Å². The van der Waals surface area contributed by atoms with Gasteiger partial charge in [-0.25, -0.2) is 9.97 Å². The van der Waals surface area contributed by atoms with Gasteiger partial charge in [-0.15, -0.1) is 0 Å². The third-order valence-electron chi connectivity index (χ3n) is 3.29. The summed E-state index contributed by atoms with van der Waals surface area (Å²) in [7, 11) is 0. The van der Waals surface area contributed by atoms with Crippen LogP contribution in [0.5, 0.6) is 0 Å². The first-order valence-electron chi connectivity index (χ1n) is 6.49. The number of nitrogens with zero attached hydrogens (tertiary/aromatic N) is 2. The molecular formula is C14H22N2O. The zero-order chi connectivity index (χ0) is 12.3. The quantitative estimate of drug-likeness (QED) is 0.806. The number of hydrogen-bond acceptors (Lipinski definition) is 3. The van der Waals surface area contributed by atoms with Crippen LogP contribution >= 0.6 is 0 Å². The van der Waals surface area contributed by atoms with Crippen molar-refractivity contribution in [3.8, 4) is 0 Å². The van der Waals surface area contributed by atoms with Crippen molar-refractivity contribution in [2.24, 2.45) is 0 Å². The maximum Gasteiger partial charge on any atom is 0.128 e. The van der Waals surface area contributed by atoms with E-state index >= 15 is 0 Å². The third-order valence-corrected chi connectivity index (χ3v) is 3.29. The van der Waals surface area contributed by atoms with Gasteiger partial charge in [0.05, 0.1) is 6.10 Å². The molecule has 0 aromatic carbocycles. The van der Waals surface area contributed by atoms with Gasteiger partial charge in [-0.2, -0.15) is 0 Å². The van der Waals surface area contributed by atoms with Crippen molar-refractivity contribution in [3.63, 3.8) is 0 Å². The molecule has 3 nitrogen and oxygen atoms in total. The maximum absolute atomic E-state index is 5.60. The van der Waals surface area contributed by atoms with E-state index in [-0.39, 0.29) is 5.41 Å². The summed E-state index contributed by atoms with van der Waals surface area (Å²) in [5.74, 6) is 0.938. The van der Waals surface area contributed by atoms with E-state index < -0.39 is 0 Å². The van der Waals surface area contributed by atoms with Crippen LogP contribution in [-0.2, 0) is 16.6 Å². The van der Waals surface area contributed by atoms with Crippen molar-refractivity contribution in [2.45, 2.75) is 58.0 Å². The molecule has 1 atom stereocenters. The predicted molar refractivity (Wildman–Crippen MR) is 68.0 cm³/mol. The molecule has 0 saturated carbocycles. The van der Waals surface area contributed by atoms with Crippen molar-refractivity contribution < 1.29 is 4.74 Å². The average molecular weight is 234 g/mol. The molecule has 0 bridgehead atoms. The van der Waals surface area contributed by atoms with Crippen LogP contribution < -0.4 is 0 Å². The second kappa shape index (κ2) is 5.13. The Morgan fingerprint density at radius 1 is 1.29 bits per heavy atom. The summed E-state index contributed by atoms with van der Waals surface area (Å²) in [6.07, 6.45) is 8.72. The summed E-state index contributed by atoms with van der Waals surface area (Å²) in [6, 6.07) is 0. The molecule has 2 heterocycles. The van der Waals surface area contributed by atoms with Crippen LogP contribution in [-0.4, -0.2) is 22.7 Å². The Bertz CT molecular complexity index is 347. The molecule has 1 fully saturated rings. The standard InChI is InChI=1S/C14H22N2O/c1-14(2,3)11-9-15-13(16-10-11)7-6-12-5-4-8-17-12/h9-10,12H,4-8H2,1-3H3. The zero-order valence-corrected chi connectivity index (χ0v) is 11.1. The zero-order valence-electron chi connectivity index (χ0n) is 11.1. The molecule has 0 aliphatic carbocycles. The highest BCUT2D eigenvalue weighted by atomic mass is 16.5. The van der Waals surface area contributed by atoms with E-state index in [4.69, 9.17) is 4.74 Å². The number of hydrogen-bond donors (Lipinski definition) is 0. The molecule has 0 N–H and O–H groups in total. The lowest BCUT2D eigenvalue weighted by Crippen LogP contribution is -2.13. The van der Waals surface area contributed by atoms with E-state index in [0.717, 1.165) is 25.3 Å². The molecule has 1 aliphatic heterocycles. The van der Waals surface area contributed by atoms with E-state index in [9.17, 15) is 0 Å². The summed E-state index contributed by atoms with van der Waals surface area (Å²) in [4.78, 5) is 8.88. The van der Waals surface area contributed by atoms with Crippen LogP contribution in [0.2, 0.25) is 0 Å². The molecular weight excluding hydrogens is 212 g/mol. The van der Waals surface area contributed by atoms with Gasteiger partial charge in [0.25, 0.3) is 0 Å². The summed E-state index contributed by atoms with van der Waals surface area (Å²) < 4.78 is 5.60. The molecule has 1 saturated heterocycles. The molecule has 0 amide bonds. The van der Waals surface area contributed by atoms with Gasteiger partial charge < -0.3 is 4.74 Å². The first kappa shape index (κ1) is 12.5. The highest BCUT2D eigenvalue weighted by molar-refractivity contribution is 5.15. The van der Waals surface area contributed by atoms with Crippen LogP contribution in [0.25, 0.3) is 0 Å². The fourth-order valence-corrected chi connectivity index (χ4v) is 2.03. The van der Waals surface area contributed by atoms with Crippen LogP contribution in [0.15, 0.2) is 12.4 Å². The fourth-order valence-electron chi connectivity index (χ4n) is 2.03. The van der Waals surface area contributed by atoms with Crippen molar-refractivity contribution in [2.75, 3.05) is 6.61 Å². The first-order chi connectivity index (χ1) is 8.05. The fraction of sp³-hybridized carbons (Fsp3) is 0.714. The number of rotatable bonds is 3. The average Bonchev–Trinajstić information content (AvgIpc) is 2.78. The second-order valence-electron chi connectivity index (χ2n) is 5.81. The van der Waals surface area contributed by atoms with Gasteiger partial charge in [0.2, 0.25) is 0 Å². The van der Waals surface area contributed by atoms with Gasteiger partial charge >= 0.3 is 0 Å². The molecule has 3 heteroatoms. The molecule has 94 valence electrons. The predicted octanol–water partition coefficient (Wildman–Crippen LogP) is 2.89. The van der Waals surface area contributed by atoms with Crippen LogP contribution in [0.4, 0.5) is 0 Å². The van der Waals surface area contributed by atoms with Gasteiger partial charge in [-0.1, -0.05) is 20.8 Å². The minimum absolute atomic E-state index is 0.132. The van der Waals surface area contributed by atoms with Crippen molar-refractivity contribution in [1.82, 2.24) is 9.97 Å². The number of aryl methyl sites for hydroxylation is 1. The summed E-state index contributed by atoms with van der Waals surface area (Å²) in [5, 5.41) is 0. The molecule has 1 aromatic heterocycles. The van der Waals surface area contributed by atoms with Gasteiger partial charge in [0.1, 0.15) is 5.82 Å². The summed E-state index contributed by atoms with van der Waals surface area (Å²) in [6.45, 7) is 7.46. The van der Waals surface area contributed by atoms with E-state index in [0.29, 0.717) is 6.10 Å². The molecule has 0 spiro atoms. The lowest BCUT2D eigenvalue weighted by atomic mass is 9.89. The second-order valence-corrected chi connectivity index (χ2v) is 5.81. The maximum atomic E-state index is 5.60. The van der Waals surface area contributed by atoms with Gasteiger partial charge in [0, 0.05) is 25.4 Å². The Morgan fingerprint density at radius 3 is 2.53 bits per heavy atom. The van der Waals surface area contributed by atoms with E-state index in [2.05, 4.69) is 30.7 Å². The van der Waals surface area contributed by atoms with Gasteiger partial charge in [-0.3, -0.25) is 0 Å². The molecule has 1 aromatic rings. The minimum atomic E-state index is 0.132. The van der Waals surface area contributed by atoms with Crippen LogP contribution in [0.3, 0.4) is 0 Å². The largest absolute Gasteiger partial charge is 0.378 e.